The summed E-state index contributed by atoms with van der Waals surface area (Å²) in [5.74, 6) is -3.77. The van der Waals surface area contributed by atoms with Crippen molar-refractivity contribution >= 4 is 40.5 Å². The minimum Gasteiger partial charge on any atom is -0.458 e. The van der Waals surface area contributed by atoms with Crippen molar-refractivity contribution in [2.24, 2.45) is 5.73 Å². The molecule has 0 saturated carbocycles. The van der Waals surface area contributed by atoms with Crippen molar-refractivity contribution < 1.29 is 47.3 Å². The van der Waals surface area contributed by atoms with Crippen molar-refractivity contribution in [1.82, 2.24) is 35.7 Å². The van der Waals surface area contributed by atoms with Gasteiger partial charge in [-0.1, -0.05) is 37.3 Å². The van der Waals surface area contributed by atoms with E-state index in [9.17, 15) is 38.3 Å². The molecule has 0 bridgehead atoms. The molecular formula is C42H46F2N8O9. The molecule has 1 fully saturated rings. The normalized spacial score (nSPS) is 17.9. The van der Waals surface area contributed by atoms with Crippen LogP contribution in [-0.4, -0.2) is 107 Å². The molecule has 4 amide bonds. The monoisotopic (exact) mass is 844 g/mol. The Morgan fingerprint density at radius 3 is 2.48 bits per heavy atom. The number of hydrogen-bond donors (Lipinski definition) is 6. The Morgan fingerprint density at radius 1 is 1.02 bits per heavy atom. The fourth-order valence-electron chi connectivity index (χ4n) is 7.93. The number of ether oxygens (including phenoxy) is 2. The summed E-state index contributed by atoms with van der Waals surface area (Å²) in [6, 6.07) is 12.4. The van der Waals surface area contributed by atoms with E-state index in [4.69, 9.17) is 20.2 Å². The fourth-order valence-corrected chi connectivity index (χ4v) is 7.93. The molecule has 1 saturated heterocycles. The van der Waals surface area contributed by atoms with E-state index in [1.165, 1.54) is 10.6 Å². The van der Waals surface area contributed by atoms with Crippen LogP contribution < -0.4 is 32.6 Å². The maximum Gasteiger partial charge on any atom is 0.343 e. The lowest BCUT2D eigenvalue weighted by atomic mass is 9.86. The van der Waals surface area contributed by atoms with Gasteiger partial charge in [0, 0.05) is 48.6 Å². The fraction of sp³-hybridized carbons (Fsp3) is 0.405. The number of amides is 4. The number of cyclic esters (lactones) is 1. The van der Waals surface area contributed by atoms with E-state index in [0.29, 0.717) is 33.4 Å². The molecule has 7 rings (SSSR count). The van der Waals surface area contributed by atoms with Crippen molar-refractivity contribution in [1.29, 1.82) is 0 Å². The molecule has 2 aromatic heterocycles. The summed E-state index contributed by atoms with van der Waals surface area (Å²) in [7, 11) is 0. The topological polar surface area (TPSA) is 236 Å². The first-order valence-electron chi connectivity index (χ1n) is 19.7. The largest absolute Gasteiger partial charge is 0.458 e. The Kier molecular flexibility index (Phi) is 12.3. The Labute approximate surface area is 348 Å². The summed E-state index contributed by atoms with van der Waals surface area (Å²) in [6.45, 7) is 1.35. The lowest BCUT2D eigenvalue weighted by Crippen LogP contribution is -2.61. The number of hydrogen-bond acceptors (Lipinski definition) is 12. The van der Waals surface area contributed by atoms with E-state index in [1.54, 1.807) is 56.3 Å². The minimum absolute atomic E-state index is 0.0248. The standard InChI is InChI=1S/C42H46F2N8O9/c1-3-42(59)29-11-33-37-27(17-52(33)39(57)28(29)18-61-40(42)58)26(25-9-23(2)30(43)12-31(25)50-37)16-51-19-41(44,20-51)21-60-22-48-35(54)14-47-38(56)32(10-24-7-5-4-6-8-24)49-36(55)15-46-34(53)13-45/h4-9,11-12,32,59H,3,10,13-22,45H2,1-2H3,(H,46,53)(H,47,56)(H,48,54)(H,49,55)/t32?,42-/m0/s1. The number of esters is 1. The molecule has 3 aliphatic heterocycles. The van der Waals surface area contributed by atoms with E-state index in [-0.39, 0.29) is 76.6 Å². The van der Waals surface area contributed by atoms with Crippen LogP contribution >= 0.6 is 0 Å². The molecule has 19 heteroatoms. The van der Waals surface area contributed by atoms with Crippen LogP contribution in [0.2, 0.25) is 0 Å². The van der Waals surface area contributed by atoms with E-state index in [1.807, 2.05) is 4.90 Å². The van der Waals surface area contributed by atoms with Crippen LogP contribution in [0.15, 0.2) is 53.3 Å². The molecule has 3 aliphatic rings. The SMILES string of the molecule is CC[C@@]1(O)C(=O)OCc2c1cc1n(c2=O)Cc2c-1nc1cc(F)c(C)cc1c2CN1CC(F)(COCNC(=O)CNC(=O)C(Cc2ccccc2)NC(=O)CNC(=O)CN)C1. The van der Waals surface area contributed by atoms with Gasteiger partial charge in [0.1, 0.15) is 25.2 Å². The average Bonchev–Trinajstić information content (AvgIpc) is 3.60. The van der Waals surface area contributed by atoms with Gasteiger partial charge in [-0.2, -0.15) is 0 Å². The van der Waals surface area contributed by atoms with Crippen LogP contribution in [0.4, 0.5) is 8.78 Å². The molecule has 5 heterocycles. The highest BCUT2D eigenvalue weighted by Gasteiger charge is 2.47. The van der Waals surface area contributed by atoms with Crippen LogP contribution in [0.5, 0.6) is 0 Å². The van der Waals surface area contributed by atoms with Gasteiger partial charge in [-0.3, -0.25) is 28.9 Å². The summed E-state index contributed by atoms with van der Waals surface area (Å²) in [5, 5.41) is 21.7. The number of aryl methyl sites for hydroxylation is 1. The molecule has 0 aliphatic carbocycles. The second kappa shape index (κ2) is 17.4. The first kappa shape index (κ1) is 43.0. The lowest BCUT2D eigenvalue weighted by Gasteiger charge is -2.44. The van der Waals surface area contributed by atoms with Gasteiger partial charge >= 0.3 is 5.97 Å². The number of aromatic nitrogens is 2. The number of carbonyl (C=O) groups is 5. The maximum absolute atomic E-state index is 15.8. The van der Waals surface area contributed by atoms with E-state index in [0.717, 1.165) is 11.1 Å². The highest BCUT2D eigenvalue weighted by atomic mass is 19.1. The van der Waals surface area contributed by atoms with Gasteiger partial charge < -0.3 is 46.1 Å². The first-order chi connectivity index (χ1) is 29.1. The van der Waals surface area contributed by atoms with Gasteiger partial charge in [-0.05, 0) is 42.2 Å². The Morgan fingerprint density at radius 2 is 1.75 bits per heavy atom. The number of nitrogens with one attached hydrogen (secondary N) is 4. The van der Waals surface area contributed by atoms with E-state index in [2.05, 4.69) is 21.3 Å². The van der Waals surface area contributed by atoms with Crippen LogP contribution in [0.25, 0.3) is 22.3 Å². The summed E-state index contributed by atoms with van der Waals surface area (Å²) in [5.41, 5.74) is 4.97. The number of halogens is 2. The average molecular weight is 845 g/mol. The molecule has 2 atom stereocenters. The van der Waals surface area contributed by atoms with Gasteiger partial charge in [-0.15, -0.1) is 0 Å². The lowest BCUT2D eigenvalue weighted by molar-refractivity contribution is -0.172. The van der Waals surface area contributed by atoms with Crippen LogP contribution in [0.1, 0.15) is 46.7 Å². The number of rotatable bonds is 16. The van der Waals surface area contributed by atoms with Gasteiger partial charge in [0.2, 0.25) is 23.6 Å². The number of fused-ring (bicyclic) bond motifs is 5. The molecule has 61 heavy (non-hydrogen) atoms. The number of likely N-dealkylation sites (tertiary alicyclic amines) is 1. The molecule has 17 nitrogen and oxygen atoms in total. The molecule has 0 radical (unpaired) electrons. The van der Waals surface area contributed by atoms with Gasteiger partial charge in [0.25, 0.3) is 5.56 Å². The zero-order chi connectivity index (χ0) is 43.6. The van der Waals surface area contributed by atoms with Crippen molar-refractivity contribution in [2.45, 2.75) is 63.7 Å². The van der Waals surface area contributed by atoms with Gasteiger partial charge in [-0.25, -0.2) is 18.6 Å². The number of nitrogens with zero attached hydrogens (tertiary/aromatic N) is 3. The van der Waals surface area contributed by atoms with Gasteiger partial charge in [0.15, 0.2) is 11.3 Å². The molecule has 322 valence electrons. The van der Waals surface area contributed by atoms with E-state index < -0.39 is 71.4 Å². The van der Waals surface area contributed by atoms with Crippen molar-refractivity contribution in [3.8, 4) is 11.4 Å². The zero-order valence-electron chi connectivity index (χ0n) is 33.6. The van der Waals surface area contributed by atoms with Crippen LogP contribution in [-0.2, 0) is 65.2 Å². The maximum atomic E-state index is 15.8. The molecule has 2 aromatic carbocycles. The smallest absolute Gasteiger partial charge is 0.343 e. The first-order valence-corrected chi connectivity index (χ1v) is 19.7. The summed E-state index contributed by atoms with van der Waals surface area (Å²) >= 11 is 0. The highest BCUT2D eigenvalue weighted by Crippen LogP contribution is 2.41. The van der Waals surface area contributed by atoms with Crippen molar-refractivity contribution in [2.75, 3.05) is 46.1 Å². The second-order valence-electron chi connectivity index (χ2n) is 15.5. The molecular weight excluding hydrogens is 799 g/mol. The number of nitrogens with two attached hydrogens (primary N) is 1. The number of pyridine rings is 2. The Hall–Kier alpha value is -6.15. The quantitative estimate of drug-likeness (QED) is 0.0440. The van der Waals surface area contributed by atoms with Crippen LogP contribution in [0.3, 0.4) is 0 Å². The summed E-state index contributed by atoms with van der Waals surface area (Å²) in [6.07, 6.45) is 0.0865. The van der Waals surface area contributed by atoms with Crippen molar-refractivity contribution in [3.63, 3.8) is 0 Å². The number of benzene rings is 2. The molecule has 4 aromatic rings. The molecule has 7 N–H and O–H groups in total. The second-order valence-corrected chi connectivity index (χ2v) is 15.5. The predicted molar refractivity (Wildman–Crippen MR) is 214 cm³/mol. The molecule has 0 spiro atoms. The predicted octanol–water partition coefficient (Wildman–Crippen LogP) is 0.0599. The number of alkyl halides is 1. The van der Waals surface area contributed by atoms with Gasteiger partial charge in [0.05, 0.1) is 55.3 Å². The van der Waals surface area contributed by atoms with Crippen molar-refractivity contribution in [3.05, 3.63) is 98.1 Å². The number of carbonyl (C=O) groups excluding carboxylic acids is 5. The summed E-state index contributed by atoms with van der Waals surface area (Å²) < 4.78 is 42.9. The third-order valence-electron chi connectivity index (χ3n) is 11.2. The third kappa shape index (κ3) is 8.86. The number of aliphatic hydroxyl groups is 1. The van der Waals surface area contributed by atoms with Crippen LogP contribution in [0, 0.1) is 12.7 Å². The highest BCUT2D eigenvalue weighted by molar-refractivity contribution is 5.93. The minimum atomic E-state index is -2.02. The zero-order valence-corrected chi connectivity index (χ0v) is 33.6. The Bertz CT molecular complexity index is 2480. The van der Waals surface area contributed by atoms with E-state index >= 15 is 4.39 Å². The summed E-state index contributed by atoms with van der Waals surface area (Å²) in [4.78, 5) is 82.5. The molecule has 1 unspecified atom stereocenters. The third-order valence-corrected chi connectivity index (χ3v) is 11.2. The Balaban J connectivity index is 0.954.